The molecule has 0 bridgehead atoms. The molecule has 1 aromatic carbocycles. The van der Waals surface area contributed by atoms with Crippen molar-refractivity contribution in [1.29, 1.82) is 0 Å². The van der Waals surface area contributed by atoms with E-state index in [9.17, 15) is 4.39 Å². The molecular formula is C18H27FSi. The third-order valence-corrected chi connectivity index (χ3v) is 8.27. The van der Waals surface area contributed by atoms with E-state index in [-0.39, 0.29) is 5.82 Å². The lowest BCUT2D eigenvalue weighted by Crippen LogP contribution is -2.21. The summed E-state index contributed by atoms with van der Waals surface area (Å²) in [5, 5.41) is 0. The maximum Gasteiger partial charge on any atom is 0.123 e. The molecule has 0 radical (unpaired) electrons. The van der Waals surface area contributed by atoms with E-state index in [4.69, 9.17) is 0 Å². The van der Waals surface area contributed by atoms with Gasteiger partial charge in [0.1, 0.15) is 5.82 Å². The van der Waals surface area contributed by atoms with Crippen LogP contribution >= 0.6 is 0 Å². The smallest absolute Gasteiger partial charge is 0.123 e. The summed E-state index contributed by atoms with van der Waals surface area (Å²) in [7, 11) is -0.399. The lowest BCUT2D eigenvalue weighted by molar-refractivity contribution is 0.437. The molecule has 0 atom stereocenters. The van der Waals surface area contributed by atoms with Crippen LogP contribution in [0.4, 0.5) is 4.39 Å². The molecule has 1 aliphatic heterocycles. The average Bonchev–Trinajstić information content (AvgIpc) is 2.48. The number of allylic oxidation sites excluding steroid dienone is 1. The van der Waals surface area contributed by atoms with Crippen LogP contribution in [0.1, 0.15) is 37.7 Å². The third kappa shape index (κ3) is 5.24. The molecule has 0 aromatic heterocycles. The van der Waals surface area contributed by atoms with Crippen molar-refractivity contribution in [3.05, 3.63) is 48.3 Å². The number of hydrogen-bond acceptors (Lipinski definition) is 0. The fraction of sp³-hybridized carbons (Fsp3) is 0.556. The van der Waals surface area contributed by atoms with Crippen LogP contribution in [0.15, 0.2) is 36.9 Å². The molecule has 1 aromatic rings. The van der Waals surface area contributed by atoms with Crippen LogP contribution in [0, 0.1) is 11.7 Å². The van der Waals surface area contributed by atoms with Crippen LogP contribution in [-0.2, 0) is 6.42 Å². The first kappa shape index (κ1) is 15.5. The average molecular weight is 290 g/mol. The Morgan fingerprint density at radius 2 is 1.90 bits per heavy atom. The maximum absolute atomic E-state index is 12.9. The number of aryl methyl sites for hydroxylation is 1. The molecular weight excluding hydrogens is 263 g/mol. The molecule has 2 heteroatoms. The zero-order valence-corrected chi connectivity index (χ0v) is 13.6. The highest BCUT2D eigenvalue weighted by atomic mass is 28.3. The van der Waals surface area contributed by atoms with Gasteiger partial charge in [-0.25, -0.2) is 4.39 Å². The van der Waals surface area contributed by atoms with Gasteiger partial charge in [0.2, 0.25) is 0 Å². The lowest BCUT2D eigenvalue weighted by atomic mass is 9.94. The Bertz CT molecular complexity index is 390. The third-order valence-electron chi connectivity index (χ3n) is 4.74. The Kier molecular flexibility index (Phi) is 6.51. The zero-order chi connectivity index (χ0) is 14.2. The van der Waals surface area contributed by atoms with Gasteiger partial charge in [0.25, 0.3) is 0 Å². The van der Waals surface area contributed by atoms with Crippen molar-refractivity contribution in [1.82, 2.24) is 0 Å². The van der Waals surface area contributed by atoms with Gasteiger partial charge in [-0.2, -0.15) is 0 Å². The predicted octanol–water partition coefficient (Wildman–Crippen LogP) is 5.36. The first-order valence-corrected chi connectivity index (χ1v) is 10.6. The van der Waals surface area contributed by atoms with Crippen LogP contribution in [-0.4, -0.2) is 8.80 Å². The first-order chi connectivity index (χ1) is 9.78. The van der Waals surface area contributed by atoms with Crippen LogP contribution < -0.4 is 0 Å². The summed E-state index contributed by atoms with van der Waals surface area (Å²) >= 11 is 0. The van der Waals surface area contributed by atoms with E-state index >= 15 is 0 Å². The van der Waals surface area contributed by atoms with Crippen molar-refractivity contribution in [2.75, 3.05) is 0 Å². The van der Waals surface area contributed by atoms with Crippen molar-refractivity contribution >= 4 is 8.80 Å². The van der Waals surface area contributed by atoms with Crippen molar-refractivity contribution in [3.8, 4) is 0 Å². The number of rotatable bonds is 7. The minimum absolute atomic E-state index is 0.125. The topological polar surface area (TPSA) is 0 Å². The fourth-order valence-electron chi connectivity index (χ4n) is 3.38. The van der Waals surface area contributed by atoms with Gasteiger partial charge < -0.3 is 0 Å². The van der Waals surface area contributed by atoms with E-state index in [0.717, 1.165) is 12.3 Å². The van der Waals surface area contributed by atoms with Gasteiger partial charge in [0.05, 0.1) is 0 Å². The molecule has 0 nitrogen and oxygen atoms in total. The molecule has 0 N–H and O–H groups in total. The second kappa shape index (κ2) is 8.41. The van der Waals surface area contributed by atoms with Crippen LogP contribution in [0.25, 0.3) is 0 Å². The Morgan fingerprint density at radius 1 is 1.20 bits per heavy atom. The molecule has 1 aliphatic rings. The van der Waals surface area contributed by atoms with Crippen molar-refractivity contribution in [3.63, 3.8) is 0 Å². The number of benzene rings is 1. The normalized spacial score (nSPS) is 22.6. The van der Waals surface area contributed by atoms with E-state index < -0.39 is 8.80 Å². The van der Waals surface area contributed by atoms with Crippen molar-refractivity contribution < 1.29 is 4.39 Å². The molecule has 20 heavy (non-hydrogen) atoms. The van der Waals surface area contributed by atoms with E-state index in [1.54, 1.807) is 24.2 Å². The van der Waals surface area contributed by atoms with Gasteiger partial charge >= 0.3 is 0 Å². The van der Waals surface area contributed by atoms with Gasteiger partial charge in [-0.3, -0.25) is 0 Å². The molecule has 0 aliphatic carbocycles. The van der Waals surface area contributed by atoms with Crippen LogP contribution in [0.2, 0.25) is 18.1 Å². The molecule has 1 heterocycles. The highest BCUT2D eigenvalue weighted by molar-refractivity contribution is 6.58. The van der Waals surface area contributed by atoms with Gasteiger partial charge in [0.15, 0.2) is 0 Å². The summed E-state index contributed by atoms with van der Waals surface area (Å²) < 4.78 is 12.9. The SMILES string of the molecule is C=CCCC[SiH]1CCC(CCc2ccc(F)cc2)CC1. The Labute approximate surface area is 124 Å². The molecule has 1 fully saturated rings. The second-order valence-corrected chi connectivity index (χ2v) is 9.74. The largest absolute Gasteiger partial charge is 0.207 e. The minimum atomic E-state index is -0.399. The Hall–Kier alpha value is -0.893. The number of halogens is 1. The molecule has 0 unspecified atom stereocenters. The summed E-state index contributed by atoms with van der Waals surface area (Å²) in [6.45, 7) is 3.81. The van der Waals surface area contributed by atoms with Crippen molar-refractivity contribution in [2.45, 2.75) is 56.7 Å². The summed E-state index contributed by atoms with van der Waals surface area (Å²) in [4.78, 5) is 0. The molecule has 0 spiro atoms. The molecule has 2 rings (SSSR count). The van der Waals surface area contributed by atoms with Gasteiger partial charge in [-0.1, -0.05) is 55.6 Å². The van der Waals surface area contributed by atoms with Crippen LogP contribution in [0.5, 0.6) is 0 Å². The standard InChI is InChI=1S/C18H27FSi/c1-2-3-4-13-20-14-11-17(12-15-20)6-5-16-7-9-18(19)10-8-16/h2,7-10,17,20H,1,3-6,11-15H2. The van der Waals surface area contributed by atoms with Gasteiger partial charge in [-0.15, -0.1) is 6.58 Å². The molecule has 110 valence electrons. The second-order valence-electron chi connectivity index (χ2n) is 6.27. The quantitative estimate of drug-likeness (QED) is 0.360. The Morgan fingerprint density at radius 3 is 2.55 bits per heavy atom. The molecule has 0 amide bonds. The maximum atomic E-state index is 12.9. The number of hydrogen-bond donors (Lipinski definition) is 0. The van der Waals surface area contributed by atoms with Gasteiger partial charge in [-0.05, 0) is 42.9 Å². The summed E-state index contributed by atoms with van der Waals surface area (Å²) in [5.41, 5.74) is 1.29. The zero-order valence-electron chi connectivity index (χ0n) is 12.5. The van der Waals surface area contributed by atoms with E-state index in [1.165, 1.54) is 43.7 Å². The van der Waals surface area contributed by atoms with E-state index in [1.807, 2.05) is 12.1 Å². The van der Waals surface area contributed by atoms with Crippen molar-refractivity contribution in [2.24, 2.45) is 5.92 Å². The monoisotopic (exact) mass is 290 g/mol. The lowest BCUT2D eigenvalue weighted by Gasteiger charge is -2.27. The summed E-state index contributed by atoms with van der Waals surface area (Å²) in [6.07, 6.45) is 9.95. The summed E-state index contributed by atoms with van der Waals surface area (Å²) in [6, 6.07) is 11.7. The molecule has 0 saturated carbocycles. The van der Waals surface area contributed by atoms with Crippen LogP contribution in [0.3, 0.4) is 0 Å². The fourth-order valence-corrected chi connectivity index (χ4v) is 6.95. The number of unbranched alkanes of at least 4 members (excludes halogenated alkanes) is 1. The van der Waals surface area contributed by atoms with E-state index in [0.29, 0.717) is 0 Å². The predicted molar refractivity (Wildman–Crippen MR) is 88.4 cm³/mol. The van der Waals surface area contributed by atoms with Gasteiger partial charge in [0, 0.05) is 8.80 Å². The Balaban J connectivity index is 1.64. The van der Waals surface area contributed by atoms with E-state index in [2.05, 4.69) is 12.7 Å². The first-order valence-electron chi connectivity index (χ1n) is 8.13. The highest BCUT2D eigenvalue weighted by Gasteiger charge is 2.21. The summed E-state index contributed by atoms with van der Waals surface area (Å²) in [5.74, 6) is 0.794. The molecule has 1 saturated heterocycles. The highest BCUT2D eigenvalue weighted by Crippen LogP contribution is 2.31. The minimum Gasteiger partial charge on any atom is -0.207 e.